The van der Waals surface area contributed by atoms with Crippen molar-refractivity contribution in [3.8, 4) is 5.75 Å². The monoisotopic (exact) mass is 433 g/mol. The van der Waals surface area contributed by atoms with Gasteiger partial charge in [-0.25, -0.2) is 4.99 Å². The van der Waals surface area contributed by atoms with Crippen LogP contribution >= 0.6 is 35.6 Å². The Bertz CT molecular complexity index is 473. The van der Waals surface area contributed by atoms with Crippen LogP contribution in [0.4, 0.5) is 8.78 Å². The summed E-state index contributed by atoms with van der Waals surface area (Å²) in [6.07, 6.45) is 0. The van der Waals surface area contributed by atoms with Crippen molar-refractivity contribution in [1.29, 1.82) is 0 Å². The molecule has 0 heterocycles. The molecule has 0 bridgehead atoms. The lowest BCUT2D eigenvalue weighted by Crippen LogP contribution is -2.34. The Morgan fingerprint density at radius 2 is 2.10 bits per heavy atom. The molecular formula is C13H19ClF2IN3O. The molecule has 1 rings (SSSR count). The second-order valence-electron chi connectivity index (χ2n) is 4.61. The molecule has 0 amide bonds. The fourth-order valence-corrected chi connectivity index (χ4v) is 1.61. The van der Waals surface area contributed by atoms with Gasteiger partial charge >= 0.3 is 6.61 Å². The van der Waals surface area contributed by atoms with E-state index in [1.165, 1.54) is 18.2 Å². The van der Waals surface area contributed by atoms with Gasteiger partial charge in [-0.05, 0) is 24.1 Å². The van der Waals surface area contributed by atoms with Gasteiger partial charge in [-0.3, -0.25) is 0 Å². The summed E-state index contributed by atoms with van der Waals surface area (Å²) in [7, 11) is 0. The summed E-state index contributed by atoms with van der Waals surface area (Å²) < 4.78 is 29.0. The minimum absolute atomic E-state index is 0. The van der Waals surface area contributed by atoms with Gasteiger partial charge in [0, 0.05) is 17.1 Å². The number of benzene rings is 1. The highest BCUT2D eigenvalue weighted by Gasteiger charge is 2.10. The first-order valence-electron chi connectivity index (χ1n) is 6.15. The van der Waals surface area contributed by atoms with Crippen LogP contribution in [0.15, 0.2) is 23.2 Å². The van der Waals surface area contributed by atoms with E-state index in [1.54, 1.807) is 0 Å². The molecule has 1 aromatic rings. The van der Waals surface area contributed by atoms with Crippen LogP contribution in [0.2, 0.25) is 5.02 Å². The Labute approximate surface area is 145 Å². The first kappa shape index (κ1) is 20.2. The van der Waals surface area contributed by atoms with E-state index in [4.69, 9.17) is 17.3 Å². The van der Waals surface area contributed by atoms with E-state index in [9.17, 15) is 8.78 Å². The number of hydrogen-bond acceptors (Lipinski definition) is 2. The molecule has 0 fully saturated rings. The predicted molar refractivity (Wildman–Crippen MR) is 91.7 cm³/mol. The molecule has 0 saturated heterocycles. The van der Waals surface area contributed by atoms with Crippen LogP contribution < -0.4 is 15.8 Å². The summed E-state index contributed by atoms with van der Waals surface area (Å²) in [5.74, 6) is 0.721. The molecule has 0 aromatic heterocycles. The summed E-state index contributed by atoms with van der Waals surface area (Å²) in [4.78, 5) is 4.08. The highest BCUT2D eigenvalue weighted by molar-refractivity contribution is 14.0. The van der Waals surface area contributed by atoms with Crippen LogP contribution in [0, 0.1) is 5.92 Å². The lowest BCUT2D eigenvalue weighted by Gasteiger charge is -2.11. The first-order valence-corrected chi connectivity index (χ1v) is 6.53. The molecule has 0 aliphatic rings. The van der Waals surface area contributed by atoms with Crippen molar-refractivity contribution in [2.75, 3.05) is 6.54 Å². The Morgan fingerprint density at radius 1 is 1.43 bits per heavy atom. The average Bonchev–Trinajstić information content (AvgIpc) is 2.36. The maximum absolute atomic E-state index is 12.3. The predicted octanol–water partition coefficient (Wildman–Crippen LogP) is 3.62. The number of nitrogens with one attached hydrogen (secondary N) is 1. The smallest absolute Gasteiger partial charge is 0.387 e. The lowest BCUT2D eigenvalue weighted by atomic mass is 10.2. The van der Waals surface area contributed by atoms with Crippen LogP contribution in [0.25, 0.3) is 0 Å². The van der Waals surface area contributed by atoms with Crippen molar-refractivity contribution in [3.05, 3.63) is 28.8 Å². The van der Waals surface area contributed by atoms with E-state index in [0.29, 0.717) is 23.0 Å². The zero-order valence-corrected chi connectivity index (χ0v) is 14.9. The van der Waals surface area contributed by atoms with Gasteiger partial charge in [0.1, 0.15) is 5.75 Å². The Kier molecular flexibility index (Phi) is 9.60. The number of halogens is 4. The highest BCUT2D eigenvalue weighted by Crippen LogP contribution is 2.25. The third-order valence-corrected chi connectivity index (χ3v) is 2.58. The molecule has 8 heteroatoms. The van der Waals surface area contributed by atoms with Crippen LogP contribution in [0.3, 0.4) is 0 Å². The number of guanidine groups is 1. The molecule has 0 spiro atoms. The van der Waals surface area contributed by atoms with E-state index in [-0.39, 0.29) is 42.2 Å². The van der Waals surface area contributed by atoms with E-state index in [2.05, 4.69) is 15.0 Å². The molecule has 0 aliphatic carbocycles. The van der Waals surface area contributed by atoms with Gasteiger partial charge in [0.25, 0.3) is 0 Å². The Hall–Kier alpha value is -0.830. The molecule has 1 aromatic carbocycles. The summed E-state index contributed by atoms with van der Waals surface area (Å²) >= 11 is 5.83. The maximum atomic E-state index is 12.3. The molecular weight excluding hydrogens is 415 g/mol. The molecule has 21 heavy (non-hydrogen) atoms. The number of hydrogen-bond donors (Lipinski definition) is 2. The number of nitrogens with two attached hydrogens (primary N) is 1. The molecule has 0 aliphatic heterocycles. The third kappa shape index (κ3) is 8.25. The van der Waals surface area contributed by atoms with Gasteiger partial charge in [0.15, 0.2) is 5.96 Å². The van der Waals surface area contributed by atoms with Gasteiger partial charge in [0.05, 0.1) is 6.54 Å². The highest BCUT2D eigenvalue weighted by atomic mass is 127. The minimum atomic E-state index is -2.89. The van der Waals surface area contributed by atoms with E-state index >= 15 is 0 Å². The number of rotatable bonds is 6. The van der Waals surface area contributed by atoms with Gasteiger partial charge < -0.3 is 15.8 Å². The van der Waals surface area contributed by atoms with Crippen molar-refractivity contribution < 1.29 is 13.5 Å². The Balaban J connectivity index is 0.00000400. The molecule has 0 unspecified atom stereocenters. The maximum Gasteiger partial charge on any atom is 0.387 e. The second kappa shape index (κ2) is 9.99. The molecule has 4 nitrogen and oxygen atoms in total. The normalized spacial score (nSPS) is 11.5. The molecule has 120 valence electrons. The quantitative estimate of drug-likeness (QED) is 0.409. The fourth-order valence-electron chi connectivity index (χ4n) is 1.42. The summed E-state index contributed by atoms with van der Waals surface area (Å²) in [5, 5.41) is 3.35. The number of alkyl halides is 2. The molecule has 0 atom stereocenters. The van der Waals surface area contributed by atoms with Crippen LogP contribution in [-0.4, -0.2) is 19.1 Å². The van der Waals surface area contributed by atoms with E-state index < -0.39 is 6.61 Å². The summed E-state index contributed by atoms with van der Waals surface area (Å²) in [5.41, 5.74) is 6.13. The lowest BCUT2D eigenvalue weighted by molar-refractivity contribution is -0.0504. The van der Waals surface area contributed by atoms with Crippen LogP contribution in [0.5, 0.6) is 5.75 Å². The van der Waals surface area contributed by atoms with Gasteiger partial charge in [-0.2, -0.15) is 8.78 Å². The SMILES string of the molecule is CC(C)CNC(N)=NCc1cc(Cl)ccc1OC(F)F.I. The standard InChI is InChI=1S/C13H18ClF2N3O.HI/c1-8(2)6-18-13(17)19-7-9-5-10(14)3-4-11(9)20-12(15)16;/h3-5,8,12H,6-7H2,1-2H3,(H3,17,18,19);1H. The van der Waals surface area contributed by atoms with Gasteiger partial charge in [-0.1, -0.05) is 25.4 Å². The van der Waals surface area contributed by atoms with E-state index in [0.717, 1.165) is 0 Å². The summed E-state index contributed by atoms with van der Waals surface area (Å²) in [6.45, 7) is 1.97. The second-order valence-corrected chi connectivity index (χ2v) is 5.04. The Morgan fingerprint density at radius 3 is 2.67 bits per heavy atom. The number of ether oxygens (including phenoxy) is 1. The van der Waals surface area contributed by atoms with Crippen molar-refractivity contribution in [2.45, 2.75) is 27.0 Å². The molecule has 3 N–H and O–H groups in total. The van der Waals surface area contributed by atoms with E-state index in [1.807, 2.05) is 13.8 Å². The average molecular weight is 434 g/mol. The molecule has 0 radical (unpaired) electrons. The topological polar surface area (TPSA) is 59.6 Å². The van der Waals surface area contributed by atoms with Gasteiger partial charge in [-0.15, -0.1) is 24.0 Å². The minimum Gasteiger partial charge on any atom is -0.434 e. The van der Waals surface area contributed by atoms with Crippen molar-refractivity contribution >= 4 is 41.5 Å². The van der Waals surface area contributed by atoms with Crippen LogP contribution in [0.1, 0.15) is 19.4 Å². The largest absolute Gasteiger partial charge is 0.434 e. The number of nitrogens with zero attached hydrogens (tertiary/aromatic N) is 1. The zero-order chi connectivity index (χ0) is 15.1. The van der Waals surface area contributed by atoms with Crippen LogP contribution in [-0.2, 0) is 6.54 Å². The van der Waals surface area contributed by atoms with Crippen molar-refractivity contribution in [3.63, 3.8) is 0 Å². The number of aliphatic imine (C=N–C) groups is 1. The van der Waals surface area contributed by atoms with Gasteiger partial charge in [0.2, 0.25) is 0 Å². The van der Waals surface area contributed by atoms with Crippen molar-refractivity contribution in [2.24, 2.45) is 16.6 Å². The zero-order valence-electron chi connectivity index (χ0n) is 11.8. The summed E-state index contributed by atoms with van der Waals surface area (Å²) in [6, 6.07) is 4.39. The van der Waals surface area contributed by atoms with Crippen molar-refractivity contribution in [1.82, 2.24) is 5.32 Å². The fraction of sp³-hybridized carbons (Fsp3) is 0.462. The third-order valence-electron chi connectivity index (χ3n) is 2.35. The molecule has 0 saturated carbocycles. The first-order chi connectivity index (χ1) is 9.38.